The van der Waals surface area contributed by atoms with Crippen LogP contribution in [0.1, 0.15) is 0 Å². The molecule has 0 aliphatic carbocycles. The van der Waals surface area contributed by atoms with Crippen molar-refractivity contribution in [2.24, 2.45) is 0 Å². The molecule has 1 aliphatic heterocycles. The lowest BCUT2D eigenvalue weighted by atomic mass is 10.1. The van der Waals surface area contributed by atoms with Gasteiger partial charge in [0.15, 0.2) is 0 Å². The Morgan fingerprint density at radius 3 is 2.67 bits per heavy atom. The summed E-state index contributed by atoms with van der Waals surface area (Å²) in [4.78, 5) is 2.29. The molecule has 0 amide bonds. The van der Waals surface area contributed by atoms with Crippen LogP contribution in [-0.2, 0) is 0 Å². The maximum Gasteiger partial charge on any atom is 0.138 e. The third-order valence-electron chi connectivity index (χ3n) is 2.98. The van der Waals surface area contributed by atoms with E-state index in [0.29, 0.717) is 28.4 Å². The Balaban J connectivity index is 0.00000162. The molecule has 1 aromatic carbocycles. The molecule has 1 fully saturated rings. The quantitative estimate of drug-likeness (QED) is 0.905. The molecule has 1 aromatic rings. The molecule has 3 nitrogen and oxygen atoms in total. The van der Waals surface area contributed by atoms with E-state index in [0.717, 1.165) is 19.6 Å². The van der Waals surface area contributed by atoms with Crippen molar-refractivity contribution in [3.63, 3.8) is 0 Å². The van der Waals surface area contributed by atoms with E-state index in [1.807, 2.05) is 0 Å². The molecule has 6 heteroatoms. The average Bonchev–Trinajstić information content (AvgIpc) is 2.18. The molecular weight excluding hydrogens is 295 g/mol. The molecule has 0 unspecified atom stereocenters. The predicted molar refractivity (Wildman–Crippen MR) is 78.5 cm³/mol. The predicted octanol–water partition coefficient (Wildman–Crippen LogP) is 2.70. The van der Waals surface area contributed by atoms with Gasteiger partial charge in [0.2, 0.25) is 0 Å². The highest BCUT2D eigenvalue weighted by atomic mass is 35.5. The van der Waals surface area contributed by atoms with Crippen LogP contribution >= 0.6 is 35.6 Å². The molecule has 0 spiro atoms. The van der Waals surface area contributed by atoms with Gasteiger partial charge in [0, 0.05) is 30.7 Å². The summed E-state index contributed by atoms with van der Waals surface area (Å²) in [5.74, 6) is 0.691. The Bertz CT molecular complexity index is 386. The van der Waals surface area contributed by atoms with Gasteiger partial charge in [-0.05, 0) is 25.2 Å². The van der Waals surface area contributed by atoms with Crippen molar-refractivity contribution in [1.29, 1.82) is 0 Å². The second kappa shape index (κ2) is 7.41. The highest BCUT2D eigenvalue weighted by molar-refractivity contribution is 6.35. The van der Waals surface area contributed by atoms with Crippen molar-refractivity contribution in [2.75, 3.05) is 33.3 Å². The largest absolute Gasteiger partial charge is 0.491 e. The summed E-state index contributed by atoms with van der Waals surface area (Å²) in [5.41, 5.74) is 0. The van der Waals surface area contributed by atoms with E-state index in [2.05, 4.69) is 17.3 Å². The Kier molecular flexibility index (Phi) is 6.53. The second-order valence-corrected chi connectivity index (χ2v) is 5.06. The summed E-state index contributed by atoms with van der Waals surface area (Å²) in [6.45, 7) is 3.66. The van der Waals surface area contributed by atoms with E-state index in [9.17, 15) is 0 Å². The Morgan fingerprint density at radius 1 is 1.39 bits per heavy atom. The van der Waals surface area contributed by atoms with Crippen LogP contribution in [0.15, 0.2) is 18.2 Å². The van der Waals surface area contributed by atoms with Crippen molar-refractivity contribution >= 4 is 35.6 Å². The molecule has 0 bridgehead atoms. The number of nitrogens with zero attached hydrogens (tertiary/aromatic N) is 1. The van der Waals surface area contributed by atoms with Gasteiger partial charge in [-0.25, -0.2) is 0 Å². The zero-order chi connectivity index (χ0) is 12.3. The molecule has 2 rings (SSSR count). The summed E-state index contributed by atoms with van der Waals surface area (Å²) in [6, 6.07) is 5.91. The van der Waals surface area contributed by atoms with Gasteiger partial charge in [-0.15, -0.1) is 12.4 Å². The molecular formula is C12H17Cl3N2O. The molecule has 18 heavy (non-hydrogen) atoms. The van der Waals surface area contributed by atoms with Crippen LogP contribution < -0.4 is 10.1 Å². The van der Waals surface area contributed by atoms with E-state index in [4.69, 9.17) is 27.9 Å². The fourth-order valence-corrected chi connectivity index (χ4v) is 2.12. The highest BCUT2D eigenvalue weighted by Crippen LogP contribution is 2.27. The molecule has 1 aliphatic rings. The van der Waals surface area contributed by atoms with E-state index >= 15 is 0 Å². The summed E-state index contributed by atoms with van der Waals surface area (Å²) >= 11 is 11.8. The number of benzene rings is 1. The van der Waals surface area contributed by atoms with Crippen molar-refractivity contribution in [3.05, 3.63) is 28.2 Å². The summed E-state index contributed by atoms with van der Waals surface area (Å²) in [7, 11) is 2.11. The molecule has 0 saturated carbocycles. The number of nitrogens with one attached hydrogen (secondary N) is 1. The van der Waals surface area contributed by atoms with Crippen LogP contribution in [-0.4, -0.2) is 44.2 Å². The maximum atomic E-state index is 6.01. The minimum Gasteiger partial charge on any atom is -0.491 e. The van der Waals surface area contributed by atoms with Crippen LogP contribution in [0.4, 0.5) is 0 Å². The fraction of sp³-hybridized carbons (Fsp3) is 0.500. The molecule has 102 valence electrons. The van der Waals surface area contributed by atoms with Crippen LogP contribution in [0.25, 0.3) is 0 Å². The fourth-order valence-electron chi connectivity index (χ4n) is 1.66. The van der Waals surface area contributed by atoms with Crippen molar-refractivity contribution in [2.45, 2.75) is 6.04 Å². The van der Waals surface area contributed by atoms with Crippen LogP contribution in [0, 0.1) is 0 Å². The van der Waals surface area contributed by atoms with Crippen molar-refractivity contribution < 1.29 is 4.74 Å². The molecule has 1 heterocycles. The monoisotopic (exact) mass is 310 g/mol. The van der Waals surface area contributed by atoms with Gasteiger partial charge in [-0.2, -0.15) is 0 Å². The topological polar surface area (TPSA) is 24.5 Å². The first-order valence-electron chi connectivity index (χ1n) is 5.65. The van der Waals surface area contributed by atoms with Gasteiger partial charge < -0.3 is 10.1 Å². The maximum absolute atomic E-state index is 6.01. The average molecular weight is 312 g/mol. The van der Waals surface area contributed by atoms with Gasteiger partial charge in [-0.3, -0.25) is 4.90 Å². The number of hydrogen-bond donors (Lipinski definition) is 1. The number of rotatable bonds is 5. The minimum atomic E-state index is 0. The lowest BCUT2D eigenvalue weighted by Gasteiger charge is -2.35. The lowest BCUT2D eigenvalue weighted by molar-refractivity contribution is 0.151. The molecule has 1 saturated heterocycles. The van der Waals surface area contributed by atoms with E-state index < -0.39 is 0 Å². The first kappa shape index (κ1) is 15.9. The Hall–Kier alpha value is -0.190. The van der Waals surface area contributed by atoms with Gasteiger partial charge in [0.05, 0.1) is 5.02 Å². The zero-order valence-corrected chi connectivity index (χ0v) is 12.5. The van der Waals surface area contributed by atoms with E-state index in [-0.39, 0.29) is 12.4 Å². The second-order valence-electron chi connectivity index (χ2n) is 4.22. The van der Waals surface area contributed by atoms with Gasteiger partial charge >= 0.3 is 0 Å². The highest BCUT2D eigenvalue weighted by Gasteiger charge is 2.20. The third kappa shape index (κ3) is 4.18. The third-order valence-corrected chi connectivity index (χ3v) is 3.51. The van der Waals surface area contributed by atoms with Gasteiger partial charge in [0.1, 0.15) is 12.4 Å². The molecule has 0 aromatic heterocycles. The van der Waals surface area contributed by atoms with Crippen molar-refractivity contribution in [1.82, 2.24) is 10.2 Å². The standard InChI is InChI=1S/C12H16Cl2N2O.ClH/c1-16(10-7-15-8-10)4-5-17-12-3-2-9(13)6-11(12)14;/h2-3,6,10,15H,4-5,7-8H2,1H3;1H. The smallest absolute Gasteiger partial charge is 0.138 e. The van der Waals surface area contributed by atoms with Crippen molar-refractivity contribution in [3.8, 4) is 5.75 Å². The zero-order valence-electron chi connectivity index (χ0n) is 10.2. The SMILES string of the molecule is CN(CCOc1ccc(Cl)cc1Cl)C1CNC1.Cl. The Labute approximate surface area is 124 Å². The minimum absolute atomic E-state index is 0. The summed E-state index contributed by atoms with van der Waals surface area (Å²) in [6.07, 6.45) is 0. The van der Waals surface area contributed by atoms with E-state index in [1.54, 1.807) is 18.2 Å². The first-order valence-corrected chi connectivity index (χ1v) is 6.41. The lowest BCUT2D eigenvalue weighted by Crippen LogP contribution is -2.56. The molecule has 1 N–H and O–H groups in total. The van der Waals surface area contributed by atoms with E-state index in [1.165, 1.54) is 0 Å². The number of likely N-dealkylation sites (N-methyl/N-ethyl adjacent to an activating group) is 1. The van der Waals surface area contributed by atoms with Crippen LogP contribution in [0.3, 0.4) is 0 Å². The van der Waals surface area contributed by atoms with Gasteiger partial charge in [0.25, 0.3) is 0 Å². The van der Waals surface area contributed by atoms with Crippen LogP contribution in [0.2, 0.25) is 10.0 Å². The number of halogens is 3. The molecule has 0 atom stereocenters. The number of hydrogen-bond acceptors (Lipinski definition) is 3. The number of ether oxygens (including phenoxy) is 1. The normalized spacial score (nSPS) is 15.1. The molecule has 0 radical (unpaired) electrons. The summed E-state index contributed by atoms with van der Waals surface area (Å²) in [5, 5.41) is 4.43. The first-order chi connectivity index (χ1) is 8.16. The summed E-state index contributed by atoms with van der Waals surface area (Å²) < 4.78 is 5.63. The Morgan fingerprint density at radius 2 is 2.11 bits per heavy atom. The van der Waals surface area contributed by atoms with Gasteiger partial charge in [-0.1, -0.05) is 23.2 Å². The van der Waals surface area contributed by atoms with Crippen LogP contribution in [0.5, 0.6) is 5.75 Å².